The van der Waals surface area contributed by atoms with E-state index < -0.39 is 0 Å². The van der Waals surface area contributed by atoms with E-state index >= 15 is 0 Å². The second kappa shape index (κ2) is 3.79. The minimum atomic E-state index is 0.0797. The summed E-state index contributed by atoms with van der Waals surface area (Å²) in [6, 6.07) is 3.89. The van der Waals surface area contributed by atoms with Crippen LogP contribution in [0.25, 0.3) is 0 Å². The third kappa shape index (κ3) is 2.21. The van der Waals surface area contributed by atoms with Crippen LogP contribution in [0.2, 0.25) is 0 Å². The van der Waals surface area contributed by atoms with Crippen LogP contribution in [0, 0.1) is 0 Å². The summed E-state index contributed by atoms with van der Waals surface area (Å²) >= 11 is 1.61. The Morgan fingerprint density at radius 2 is 2.62 bits per heavy atom. The first kappa shape index (κ1) is 8.56. The fraction of sp³-hybridized carbons (Fsp3) is 0.333. The summed E-state index contributed by atoms with van der Waals surface area (Å²) in [4.78, 5) is 7.89. The quantitative estimate of drug-likeness (QED) is 0.771. The molecule has 1 aliphatic rings. The molecule has 4 heteroatoms. The van der Waals surface area contributed by atoms with E-state index in [1.165, 1.54) is 0 Å². The number of pyridine rings is 1. The summed E-state index contributed by atoms with van der Waals surface area (Å²) in [6.45, 7) is 0. The lowest BCUT2D eigenvalue weighted by atomic mass is 10.1. The number of aliphatic imine (C=N–C) groups is 1. The molecule has 0 spiro atoms. The van der Waals surface area contributed by atoms with Crippen molar-refractivity contribution in [3.63, 3.8) is 0 Å². The Labute approximate surface area is 80.9 Å². The number of rotatable bonds is 2. The smallest absolute Gasteiger partial charge is 0.210 e. The zero-order valence-corrected chi connectivity index (χ0v) is 7.79. The summed E-state index contributed by atoms with van der Waals surface area (Å²) in [6.07, 6.45) is 2.47. The van der Waals surface area contributed by atoms with Crippen LogP contribution < -0.4 is 0 Å². The van der Waals surface area contributed by atoms with E-state index in [-0.39, 0.29) is 5.88 Å². The first-order chi connectivity index (χ1) is 6.34. The van der Waals surface area contributed by atoms with E-state index in [1.54, 1.807) is 24.0 Å². The molecular formula is C9H9N2OS. The highest BCUT2D eigenvalue weighted by Crippen LogP contribution is 2.17. The molecule has 67 valence electrons. The predicted octanol–water partition coefficient (Wildman–Crippen LogP) is 1.35. The molecule has 0 bridgehead atoms. The largest absolute Gasteiger partial charge is 0.493 e. The van der Waals surface area contributed by atoms with E-state index in [9.17, 15) is 0 Å². The van der Waals surface area contributed by atoms with E-state index in [1.807, 2.05) is 6.07 Å². The van der Waals surface area contributed by atoms with Crippen LogP contribution in [-0.4, -0.2) is 27.4 Å². The van der Waals surface area contributed by atoms with Crippen molar-refractivity contribution in [1.82, 2.24) is 4.98 Å². The summed E-state index contributed by atoms with van der Waals surface area (Å²) < 4.78 is 0. The summed E-state index contributed by atoms with van der Waals surface area (Å²) in [5.41, 5.74) is 3.95. The Morgan fingerprint density at radius 1 is 1.69 bits per heavy atom. The van der Waals surface area contributed by atoms with Crippen molar-refractivity contribution in [2.75, 3.05) is 5.75 Å². The Morgan fingerprint density at radius 3 is 3.31 bits per heavy atom. The fourth-order valence-corrected chi connectivity index (χ4v) is 1.93. The average molecular weight is 193 g/mol. The molecule has 1 radical (unpaired) electrons. The predicted molar refractivity (Wildman–Crippen MR) is 53.3 cm³/mol. The van der Waals surface area contributed by atoms with Gasteiger partial charge in [0.15, 0.2) is 0 Å². The molecule has 1 N–H and O–H groups in total. The maximum Gasteiger partial charge on any atom is 0.210 e. The minimum absolute atomic E-state index is 0.0797. The topological polar surface area (TPSA) is 45.5 Å². The van der Waals surface area contributed by atoms with Crippen LogP contribution in [-0.2, 0) is 6.42 Å². The third-order valence-corrected chi connectivity index (χ3v) is 2.64. The molecule has 2 heterocycles. The van der Waals surface area contributed by atoms with Crippen molar-refractivity contribution in [2.45, 2.75) is 12.5 Å². The van der Waals surface area contributed by atoms with Gasteiger partial charge in [0.25, 0.3) is 0 Å². The average Bonchev–Trinajstić information content (AvgIpc) is 2.57. The summed E-state index contributed by atoms with van der Waals surface area (Å²) in [5.74, 6) is 1.07. The first-order valence-electron chi connectivity index (χ1n) is 4.05. The van der Waals surface area contributed by atoms with Gasteiger partial charge in [0.2, 0.25) is 5.88 Å². The highest BCUT2D eigenvalue weighted by molar-refractivity contribution is 8.12. The highest BCUT2D eigenvalue weighted by Gasteiger charge is 2.12. The van der Waals surface area contributed by atoms with Crippen molar-refractivity contribution in [3.8, 4) is 5.88 Å². The van der Waals surface area contributed by atoms with Gasteiger partial charge in [-0.1, -0.05) is 0 Å². The zero-order chi connectivity index (χ0) is 9.10. The summed E-state index contributed by atoms with van der Waals surface area (Å²) in [5, 5.41) is 9.12. The molecule has 0 saturated heterocycles. The number of hydrogen-bond donors (Lipinski definition) is 1. The minimum Gasteiger partial charge on any atom is -0.493 e. The van der Waals surface area contributed by atoms with Gasteiger partial charge in [-0.2, -0.15) is 0 Å². The van der Waals surface area contributed by atoms with Crippen LogP contribution in [0.3, 0.4) is 0 Å². The van der Waals surface area contributed by atoms with Crippen molar-refractivity contribution in [2.24, 2.45) is 4.99 Å². The number of nitrogens with zero attached hydrogens (tertiary/aromatic N) is 2. The molecular weight excluding hydrogens is 184 g/mol. The second-order valence-corrected chi connectivity index (χ2v) is 3.72. The molecule has 1 atom stereocenters. The molecule has 3 nitrogen and oxygen atoms in total. The third-order valence-electron chi connectivity index (χ3n) is 1.86. The molecule has 0 amide bonds. The monoisotopic (exact) mass is 193 g/mol. The van der Waals surface area contributed by atoms with Crippen LogP contribution in [0.1, 0.15) is 5.56 Å². The van der Waals surface area contributed by atoms with Crippen LogP contribution >= 0.6 is 11.8 Å². The van der Waals surface area contributed by atoms with E-state index in [4.69, 9.17) is 5.11 Å². The van der Waals surface area contributed by atoms with Crippen molar-refractivity contribution in [3.05, 3.63) is 23.9 Å². The first-order valence-corrected chi connectivity index (χ1v) is 5.04. The standard InChI is InChI=1S/C9H9N2OS/c12-9-4-7(1-2-10-9)3-8-5-13-6-11-8/h1-2,4,8H,3,5H2,(H,10,12). The van der Waals surface area contributed by atoms with Gasteiger partial charge in [-0.15, -0.1) is 11.8 Å². The van der Waals surface area contributed by atoms with Crippen LogP contribution in [0.4, 0.5) is 0 Å². The Kier molecular flexibility index (Phi) is 2.49. The normalized spacial score (nSPS) is 20.8. The molecule has 1 aromatic rings. The van der Waals surface area contributed by atoms with Crippen LogP contribution in [0.15, 0.2) is 23.3 Å². The lowest BCUT2D eigenvalue weighted by Crippen LogP contribution is -2.07. The van der Waals surface area contributed by atoms with Crippen molar-refractivity contribution >= 4 is 17.3 Å². The van der Waals surface area contributed by atoms with Crippen molar-refractivity contribution < 1.29 is 5.11 Å². The fourth-order valence-electron chi connectivity index (χ4n) is 1.25. The number of aromatic nitrogens is 1. The molecule has 1 aromatic heterocycles. The molecule has 2 rings (SSSR count). The zero-order valence-electron chi connectivity index (χ0n) is 6.97. The van der Waals surface area contributed by atoms with Gasteiger partial charge < -0.3 is 5.11 Å². The number of hydrogen-bond acceptors (Lipinski definition) is 4. The maximum absolute atomic E-state index is 9.12. The second-order valence-electron chi connectivity index (χ2n) is 2.91. The number of aromatic hydroxyl groups is 1. The van der Waals surface area contributed by atoms with Gasteiger partial charge in [0, 0.05) is 18.0 Å². The number of thioether (sulfide) groups is 1. The SMILES string of the molecule is Oc1cc(CC2CS[C]=N2)ccn1. The molecule has 1 unspecified atom stereocenters. The Hall–Kier alpha value is -1.03. The summed E-state index contributed by atoms with van der Waals surface area (Å²) in [7, 11) is 0. The molecule has 0 aromatic carbocycles. The van der Waals surface area contributed by atoms with Gasteiger partial charge in [0.05, 0.1) is 6.04 Å². The molecule has 1 aliphatic heterocycles. The lowest BCUT2D eigenvalue weighted by Gasteiger charge is -2.05. The van der Waals surface area contributed by atoms with E-state index in [2.05, 4.69) is 15.5 Å². The van der Waals surface area contributed by atoms with Crippen molar-refractivity contribution in [1.29, 1.82) is 0 Å². The molecule has 0 fully saturated rings. The van der Waals surface area contributed by atoms with Gasteiger partial charge >= 0.3 is 0 Å². The Balaban J connectivity index is 2.04. The lowest BCUT2D eigenvalue weighted by molar-refractivity contribution is 0.452. The highest BCUT2D eigenvalue weighted by atomic mass is 32.2. The van der Waals surface area contributed by atoms with Gasteiger partial charge in [-0.05, 0) is 18.1 Å². The van der Waals surface area contributed by atoms with E-state index in [0.717, 1.165) is 17.7 Å². The van der Waals surface area contributed by atoms with Gasteiger partial charge in [-0.3, -0.25) is 4.99 Å². The van der Waals surface area contributed by atoms with Crippen LogP contribution in [0.5, 0.6) is 5.88 Å². The molecule has 0 aliphatic carbocycles. The molecule has 0 saturated carbocycles. The van der Waals surface area contributed by atoms with Gasteiger partial charge in [-0.25, -0.2) is 4.98 Å². The van der Waals surface area contributed by atoms with Gasteiger partial charge in [0.1, 0.15) is 5.55 Å². The van der Waals surface area contributed by atoms with E-state index in [0.29, 0.717) is 6.04 Å². The Bertz CT molecular complexity index is 327. The molecule has 13 heavy (non-hydrogen) atoms. The maximum atomic E-state index is 9.12.